The van der Waals surface area contributed by atoms with Crippen LogP contribution in [-0.4, -0.2) is 41.4 Å². The van der Waals surface area contributed by atoms with Crippen LogP contribution >= 0.6 is 0 Å². The number of carbonyl (C=O) groups excluding carboxylic acids is 2. The monoisotopic (exact) mass is 467 g/mol. The Morgan fingerprint density at radius 3 is 2.24 bits per heavy atom. The van der Waals surface area contributed by atoms with E-state index in [0.717, 1.165) is 11.8 Å². The van der Waals surface area contributed by atoms with Gasteiger partial charge in [-0.05, 0) is 45.4 Å². The van der Waals surface area contributed by atoms with Gasteiger partial charge in [-0.1, -0.05) is 30.3 Å². The van der Waals surface area contributed by atoms with E-state index < -0.39 is 42.5 Å². The Labute approximate surface area is 190 Å². The van der Waals surface area contributed by atoms with Crippen molar-refractivity contribution in [3.05, 3.63) is 59.9 Å². The predicted molar refractivity (Wildman–Crippen MR) is 116 cm³/mol. The van der Waals surface area contributed by atoms with E-state index in [9.17, 15) is 22.8 Å². The first kappa shape index (κ1) is 26.0. The number of aromatic nitrogens is 1. The quantitative estimate of drug-likeness (QED) is 0.603. The summed E-state index contributed by atoms with van der Waals surface area (Å²) in [5.74, 6) is -0.500. The third kappa shape index (κ3) is 9.80. The van der Waals surface area contributed by atoms with Crippen molar-refractivity contribution in [2.75, 3.05) is 6.61 Å². The van der Waals surface area contributed by atoms with Crippen molar-refractivity contribution >= 4 is 12.0 Å². The lowest BCUT2D eigenvalue weighted by atomic mass is 10.0. The van der Waals surface area contributed by atoms with Gasteiger partial charge in [0.05, 0.1) is 17.9 Å². The van der Waals surface area contributed by atoms with Gasteiger partial charge in [0, 0.05) is 6.42 Å². The maximum Gasteiger partial charge on any atom is 0.422 e. The number of pyridine rings is 1. The van der Waals surface area contributed by atoms with Gasteiger partial charge >= 0.3 is 12.3 Å². The molecule has 1 aromatic carbocycles. The second kappa shape index (κ2) is 11.0. The second-order valence-corrected chi connectivity index (χ2v) is 8.44. The topological polar surface area (TPSA) is 89.6 Å². The van der Waals surface area contributed by atoms with E-state index in [0.29, 0.717) is 5.69 Å². The zero-order chi connectivity index (χ0) is 24.6. The number of nitrogens with zero attached hydrogens (tertiary/aromatic N) is 1. The average Bonchev–Trinajstić information content (AvgIpc) is 2.71. The van der Waals surface area contributed by atoms with Gasteiger partial charge in [-0.3, -0.25) is 9.78 Å². The fourth-order valence-electron chi connectivity index (χ4n) is 2.80. The number of benzene rings is 1. The van der Waals surface area contributed by atoms with Crippen LogP contribution in [0.4, 0.5) is 18.0 Å². The predicted octanol–water partition coefficient (Wildman–Crippen LogP) is 4.34. The van der Waals surface area contributed by atoms with E-state index in [2.05, 4.69) is 20.4 Å². The van der Waals surface area contributed by atoms with Crippen LogP contribution in [0.5, 0.6) is 5.75 Å². The number of amides is 2. The number of halogens is 3. The number of alkyl carbamates (subject to hydrolysis) is 1. The van der Waals surface area contributed by atoms with Gasteiger partial charge in [-0.2, -0.15) is 13.2 Å². The number of hydrogen-bond donors (Lipinski definition) is 2. The molecule has 33 heavy (non-hydrogen) atoms. The lowest BCUT2D eigenvalue weighted by Gasteiger charge is -2.24. The highest BCUT2D eigenvalue weighted by atomic mass is 19.4. The van der Waals surface area contributed by atoms with E-state index in [1.54, 1.807) is 27.7 Å². The van der Waals surface area contributed by atoms with Gasteiger partial charge < -0.3 is 20.1 Å². The van der Waals surface area contributed by atoms with E-state index in [-0.39, 0.29) is 12.2 Å². The largest absolute Gasteiger partial charge is 0.483 e. The molecule has 10 heteroatoms. The Balaban J connectivity index is 2.06. The summed E-state index contributed by atoms with van der Waals surface area (Å²) in [5, 5.41) is 5.37. The van der Waals surface area contributed by atoms with Crippen LogP contribution in [0.1, 0.15) is 45.0 Å². The Morgan fingerprint density at radius 1 is 1.03 bits per heavy atom. The minimum atomic E-state index is -4.45. The van der Waals surface area contributed by atoms with Crippen molar-refractivity contribution in [1.29, 1.82) is 0 Å². The molecular weight excluding hydrogens is 439 g/mol. The molecule has 0 saturated carbocycles. The van der Waals surface area contributed by atoms with Crippen molar-refractivity contribution in [2.45, 2.75) is 58.0 Å². The minimum absolute atomic E-state index is 0.0388. The lowest BCUT2D eigenvalue weighted by molar-refractivity contribution is -0.153. The summed E-state index contributed by atoms with van der Waals surface area (Å²) in [6.07, 6.45) is -3.79. The summed E-state index contributed by atoms with van der Waals surface area (Å²) in [6.45, 7) is 5.40. The fraction of sp³-hybridized carbons (Fsp3) is 0.435. The molecule has 0 aliphatic carbocycles. The summed E-state index contributed by atoms with van der Waals surface area (Å²) in [6, 6.07) is 10.5. The van der Waals surface area contributed by atoms with Crippen molar-refractivity contribution in [1.82, 2.24) is 15.6 Å². The highest BCUT2D eigenvalue weighted by molar-refractivity contribution is 5.86. The maximum atomic E-state index is 13.0. The van der Waals surface area contributed by atoms with Gasteiger partial charge in [0.15, 0.2) is 6.61 Å². The van der Waals surface area contributed by atoms with Crippen molar-refractivity contribution < 1.29 is 32.2 Å². The van der Waals surface area contributed by atoms with Crippen LogP contribution in [0.3, 0.4) is 0 Å². The molecule has 2 atom stereocenters. The highest BCUT2D eigenvalue weighted by Gasteiger charge is 2.29. The number of rotatable bonds is 8. The molecule has 2 N–H and O–H groups in total. The summed E-state index contributed by atoms with van der Waals surface area (Å²) in [5.41, 5.74) is 0.523. The summed E-state index contributed by atoms with van der Waals surface area (Å²) >= 11 is 0. The molecule has 0 unspecified atom stereocenters. The molecule has 0 radical (unpaired) electrons. The normalized spacial score (nSPS) is 13.5. The Kier molecular flexibility index (Phi) is 8.67. The molecule has 0 aliphatic rings. The number of ether oxygens (including phenoxy) is 2. The van der Waals surface area contributed by atoms with E-state index in [1.165, 1.54) is 12.1 Å². The van der Waals surface area contributed by atoms with Gasteiger partial charge in [0.25, 0.3) is 0 Å². The number of alkyl halides is 3. The number of hydrogen-bond acceptors (Lipinski definition) is 5. The molecule has 0 spiro atoms. The van der Waals surface area contributed by atoms with Gasteiger partial charge in [0.1, 0.15) is 17.4 Å². The van der Waals surface area contributed by atoms with Crippen LogP contribution in [0, 0.1) is 0 Å². The first-order chi connectivity index (χ1) is 15.3. The molecule has 180 valence electrons. The van der Waals surface area contributed by atoms with Crippen LogP contribution in [-0.2, 0) is 16.0 Å². The number of carbonyl (C=O) groups is 2. The summed E-state index contributed by atoms with van der Waals surface area (Å²) in [4.78, 5) is 29.3. The average molecular weight is 467 g/mol. The molecule has 2 rings (SSSR count). The van der Waals surface area contributed by atoms with E-state index in [1.807, 2.05) is 30.3 Å². The van der Waals surface area contributed by atoms with Crippen molar-refractivity contribution in [3.63, 3.8) is 0 Å². The lowest BCUT2D eigenvalue weighted by Crippen LogP contribution is -2.49. The smallest absolute Gasteiger partial charge is 0.422 e. The Morgan fingerprint density at radius 2 is 1.70 bits per heavy atom. The molecule has 7 nitrogen and oxygen atoms in total. The number of nitrogens with one attached hydrogen (secondary N) is 2. The van der Waals surface area contributed by atoms with Gasteiger partial charge in [-0.15, -0.1) is 0 Å². The van der Waals surface area contributed by atoms with Crippen LogP contribution in [0.2, 0.25) is 0 Å². The van der Waals surface area contributed by atoms with E-state index >= 15 is 0 Å². The first-order valence-corrected chi connectivity index (χ1v) is 10.3. The van der Waals surface area contributed by atoms with Crippen LogP contribution < -0.4 is 15.4 Å². The van der Waals surface area contributed by atoms with Crippen molar-refractivity contribution in [3.8, 4) is 5.75 Å². The highest BCUT2D eigenvalue weighted by Crippen LogP contribution is 2.19. The molecule has 0 bridgehead atoms. The molecule has 0 fully saturated rings. The van der Waals surface area contributed by atoms with Crippen molar-refractivity contribution in [2.24, 2.45) is 0 Å². The van der Waals surface area contributed by atoms with E-state index in [4.69, 9.17) is 4.74 Å². The molecular formula is C23H28F3N3O4. The molecule has 0 aliphatic heterocycles. The molecule has 1 heterocycles. The summed E-state index contributed by atoms with van der Waals surface area (Å²) < 4.78 is 46.7. The third-order valence-corrected chi connectivity index (χ3v) is 4.25. The standard InChI is InChI=1S/C23H28F3N3O4/c1-15(18-11-10-17(13-27-18)32-14-23(24,25)26)28-20(30)19(12-16-8-6-5-7-9-16)29-21(31)33-22(2,3)4/h5-11,13,15,19H,12,14H2,1-4H3,(H,28,30)(H,29,31)/t15-,19-/m1/s1. The molecule has 1 aromatic heterocycles. The third-order valence-electron chi connectivity index (χ3n) is 4.25. The SMILES string of the molecule is C[C@@H](NC(=O)[C@@H](Cc1ccccc1)NC(=O)OC(C)(C)C)c1ccc(OCC(F)(F)F)cn1. The molecule has 2 amide bonds. The summed E-state index contributed by atoms with van der Waals surface area (Å²) in [7, 11) is 0. The molecule has 2 aromatic rings. The molecule has 0 saturated heterocycles. The van der Waals surface area contributed by atoms with Gasteiger partial charge in [-0.25, -0.2) is 4.79 Å². The second-order valence-electron chi connectivity index (χ2n) is 8.44. The Hall–Kier alpha value is -3.30. The zero-order valence-corrected chi connectivity index (χ0v) is 18.9. The minimum Gasteiger partial charge on any atom is -0.483 e. The van der Waals surface area contributed by atoms with Crippen LogP contribution in [0.25, 0.3) is 0 Å². The van der Waals surface area contributed by atoms with Gasteiger partial charge in [0.2, 0.25) is 5.91 Å². The van der Waals surface area contributed by atoms with Crippen LogP contribution in [0.15, 0.2) is 48.7 Å². The Bertz CT molecular complexity index is 913. The maximum absolute atomic E-state index is 13.0. The zero-order valence-electron chi connectivity index (χ0n) is 18.9. The first-order valence-electron chi connectivity index (χ1n) is 10.3. The fourth-order valence-corrected chi connectivity index (χ4v) is 2.80.